The van der Waals surface area contributed by atoms with E-state index in [2.05, 4.69) is 4.98 Å². The Hall–Kier alpha value is -2.70. The van der Waals surface area contributed by atoms with E-state index >= 15 is 0 Å². The van der Waals surface area contributed by atoms with Crippen LogP contribution in [0.2, 0.25) is 5.02 Å². The van der Waals surface area contributed by atoms with Crippen LogP contribution < -0.4 is 14.8 Å². The van der Waals surface area contributed by atoms with Crippen molar-refractivity contribution >= 4 is 51.0 Å². The van der Waals surface area contributed by atoms with E-state index in [4.69, 9.17) is 16.3 Å². The van der Waals surface area contributed by atoms with Gasteiger partial charge in [0.2, 0.25) is 0 Å². The third-order valence-corrected chi connectivity index (χ3v) is 4.92. The number of esters is 1. The van der Waals surface area contributed by atoms with Gasteiger partial charge in [0.1, 0.15) is 5.75 Å². The minimum absolute atomic E-state index is 0.117. The van der Waals surface area contributed by atoms with Crippen molar-refractivity contribution in [3.05, 3.63) is 67.9 Å². The van der Waals surface area contributed by atoms with Gasteiger partial charge in [-0.15, -0.1) is 0 Å². The Kier molecular flexibility index (Phi) is 3.78. The lowest BCUT2D eigenvalue weighted by Gasteiger charge is -2.03. The molecule has 124 valence electrons. The molecule has 4 rings (SSSR count). The fourth-order valence-corrected chi connectivity index (χ4v) is 3.82. The van der Waals surface area contributed by atoms with Gasteiger partial charge in [-0.25, -0.2) is 9.38 Å². The molecule has 0 N–H and O–H groups in total. The summed E-state index contributed by atoms with van der Waals surface area (Å²) in [7, 11) is 0. The molecule has 0 saturated heterocycles. The molecule has 2 aromatic heterocycles. The first kappa shape index (κ1) is 15.8. The molecule has 5 nitrogen and oxygen atoms in total. The van der Waals surface area contributed by atoms with Crippen LogP contribution in [0, 0.1) is 0 Å². The van der Waals surface area contributed by atoms with Gasteiger partial charge in [0.25, 0.3) is 5.56 Å². The van der Waals surface area contributed by atoms with Gasteiger partial charge in [-0.1, -0.05) is 41.1 Å². The molecule has 4 aromatic rings. The van der Waals surface area contributed by atoms with Crippen LogP contribution in [-0.2, 0) is 4.79 Å². The first-order valence-electron chi connectivity index (χ1n) is 7.42. The molecule has 0 atom stereocenters. The highest BCUT2D eigenvalue weighted by atomic mass is 35.5. The summed E-state index contributed by atoms with van der Waals surface area (Å²) in [6.45, 7) is 1.31. The van der Waals surface area contributed by atoms with Crippen molar-refractivity contribution in [2.24, 2.45) is 0 Å². The Morgan fingerprint density at radius 2 is 2.08 bits per heavy atom. The van der Waals surface area contributed by atoms with Crippen LogP contribution >= 0.6 is 22.9 Å². The maximum Gasteiger partial charge on any atom is 0.308 e. The van der Waals surface area contributed by atoms with E-state index in [1.165, 1.54) is 18.3 Å². The Morgan fingerprint density at radius 3 is 2.84 bits per heavy atom. The molecule has 0 fully saturated rings. The number of thiazole rings is 1. The van der Waals surface area contributed by atoms with E-state index in [1.807, 2.05) is 24.3 Å². The highest BCUT2D eigenvalue weighted by Gasteiger charge is 2.11. The number of nitrogens with zero attached hydrogens (tertiary/aromatic N) is 2. The quantitative estimate of drug-likeness (QED) is 0.402. The number of rotatable bonds is 2. The number of carbonyl (C=O) groups excluding carboxylic acids is 1. The Morgan fingerprint density at radius 1 is 1.28 bits per heavy atom. The zero-order valence-electron chi connectivity index (χ0n) is 13.0. The van der Waals surface area contributed by atoms with Crippen LogP contribution in [0.1, 0.15) is 12.5 Å². The molecular weight excluding hydrogens is 360 g/mol. The summed E-state index contributed by atoms with van der Waals surface area (Å²) < 4.78 is 7.17. The minimum atomic E-state index is -0.438. The van der Waals surface area contributed by atoms with Gasteiger partial charge in [0.05, 0.1) is 20.6 Å². The molecule has 0 aliphatic carbocycles. The molecule has 0 bridgehead atoms. The number of hydrogen-bond acceptors (Lipinski definition) is 5. The summed E-state index contributed by atoms with van der Waals surface area (Å²) >= 11 is 7.45. The summed E-state index contributed by atoms with van der Waals surface area (Å²) in [5.74, 6) is -0.146. The van der Waals surface area contributed by atoms with Gasteiger partial charge in [-0.2, -0.15) is 0 Å². The molecule has 0 radical (unpaired) electrons. The number of aromatic nitrogens is 2. The van der Waals surface area contributed by atoms with Crippen molar-refractivity contribution in [1.29, 1.82) is 0 Å². The summed E-state index contributed by atoms with van der Waals surface area (Å²) in [5, 5.41) is 0.309. The van der Waals surface area contributed by atoms with E-state index in [9.17, 15) is 9.59 Å². The van der Waals surface area contributed by atoms with Crippen molar-refractivity contribution < 1.29 is 9.53 Å². The lowest BCUT2D eigenvalue weighted by atomic mass is 10.2. The largest absolute Gasteiger partial charge is 0.425 e. The number of ether oxygens (including phenoxy) is 1. The molecule has 7 heteroatoms. The van der Waals surface area contributed by atoms with Crippen molar-refractivity contribution in [3.8, 4) is 5.75 Å². The average Bonchev–Trinajstić information content (AvgIpc) is 3.07. The number of imidazole rings is 1. The normalized spacial score (nSPS) is 12.2. The van der Waals surface area contributed by atoms with E-state index in [1.54, 1.807) is 28.7 Å². The summed E-state index contributed by atoms with van der Waals surface area (Å²) in [6.07, 6.45) is 1.75. The number of fused-ring (bicyclic) bond motifs is 3. The fraction of sp³-hybridized carbons (Fsp3) is 0.0556. The van der Waals surface area contributed by atoms with Crippen LogP contribution in [0.25, 0.3) is 22.1 Å². The van der Waals surface area contributed by atoms with Crippen molar-refractivity contribution in [1.82, 2.24) is 9.38 Å². The second-order valence-electron chi connectivity index (χ2n) is 5.42. The lowest BCUT2D eigenvalue weighted by molar-refractivity contribution is -0.131. The van der Waals surface area contributed by atoms with Crippen LogP contribution in [0.15, 0.2) is 47.3 Å². The standard InChI is InChI=1S/C18H11ClN2O3S/c1-10(22)24-15-7-6-11(8-12(15)19)9-16-17(23)21-14-5-3-2-4-13(14)20-18(21)25-16/h2-9H,1H3/b16-9+. The molecule has 0 unspecified atom stereocenters. The van der Waals surface area contributed by atoms with Crippen molar-refractivity contribution in [3.63, 3.8) is 0 Å². The summed E-state index contributed by atoms with van der Waals surface area (Å²) in [6, 6.07) is 12.5. The molecule has 2 aromatic carbocycles. The zero-order chi connectivity index (χ0) is 17.6. The Bertz CT molecular complexity index is 1240. The number of benzene rings is 2. The third-order valence-electron chi connectivity index (χ3n) is 3.65. The topological polar surface area (TPSA) is 60.7 Å². The predicted molar refractivity (Wildman–Crippen MR) is 98.4 cm³/mol. The number of hydrogen-bond donors (Lipinski definition) is 0. The number of carbonyl (C=O) groups is 1. The van der Waals surface area contributed by atoms with Crippen LogP contribution in [0.5, 0.6) is 5.75 Å². The molecule has 0 spiro atoms. The van der Waals surface area contributed by atoms with Gasteiger partial charge in [0.15, 0.2) is 4.96 Å². The SMILES string of the molecule is CC(=O)Oc1ccc(/C=c2/sc3nc4ccccc4n3c2=O)cc1Cl. The molecule has 2 heterocycles. The Balaban J connectivity index is 1.84. The Labute approximate surface area is 150 Å². The highest BCUT2D eigenvalue weighted by molar-refractivity contribution is 7.15. The molecular formula is C18H11ClN2O3S. The fourth-order valence-electron chi connectivity index (χ4n) is 2.61. The monoisotopic (exact) mass is 370 g/mol. The van der Waals surface area contributed by atoms with E-state index in [0.717, 1.165) is 16.6 Å². The molecule has 0 amide bonds. The summed E-state index contributed by atoms with van der Waals surface area (Å²) in [5.41, 5.74) is 2.22. The van der Waals surface area contributed by atoms with Gasteiger partial charge >= 0.3 is 5.97 Å². The zero-order valence-corrected chi connectivity index (χ0v) is 14.6. The van der Waals surface area contributed by atoms with Crippen LogP contribution in [0.4, 0.5) is 0 Å². The molecule has 0 saturated carbocycles. The molecule has 25 heavy (non-hydrogen) atoms. The third kappa shape index (κ3) is 2.79. The van der Waals surface area contributed by atoms with Crippen molar-refractivity contribution in [2.45, 2.75) is 6.92 Å². The van der Waals surface area contributed by atoms with Crippen LogP contribution in [0.3, 0.4) is 0 Å². The maximum atomic E-state index is 12.7. The van der Waals surface area contributed by atoms with Gasteiger partial charge in [0, 0.05) is 6.92 Å². The first-order chi connectivity index (χ1) is 12.0. The first-order valence-corrected chi connectivity index (χ1v) is 8.62. The molecule has 0 aliphatic rings. The molecule has 0 aliphatic heterocycles. The smallest absolute Gasteiger partial charge is 0.308 e. The lowest BCUT2D eigenvalue weighted by Crippen LogP contribution is -2.22. The van der Waals surface area contributed by atoms with Gasteiger partial charge < -0.3 is 4.74 Å². The predicted octanol–water partition coefficient (Wildman–Crippen LogP) is 3.04. The van der Waals surface area contributed by atoms with E-state index < -0.39 is 5.97 Å². The van der Waals surface area contributed by atoms with Gasteiger partial charge in [-0.3, -0.25) is 9.59 Å². The minimum Gasteiger partial charge on any atom is -0.425 e. The number of para-hydroxylation sites is 2. The van der Waals surface area contributed by atoms with Crippen molar-refractivity contribution in [2.75, 3.05) is 0 Å². The summed E-state index contributed by atoms with van der Waals surface area (Å²) in [4.78, 5) is 28.9. The second kappa shape index (κ2) is 5.98. The van der Waals surface area contributed by atoms with E-state index in [-0.39, 0.29) is 5.56 Å². The average molecular weight is 371 g/mol. The van der Waals surface area contributed by atoms with Crippen LogP contribution in [-0.4, -0.2) is 15.4 Å². The second-order valence-corrected chi connectivity index (χ2v) is 6.83. The maximum absolute atomic E-state index is 12.7. The van der Waals surface area contributed by atoms with Gasteiger partial charge in [-0.05, 0) is 35.9 Å². The number of halogens is 1. The van der Waals surface area contributed by atoms with E-state index in [0.29, 0.717) is 20.3 Å². The highest BCUT2D eigenvalue weighted by Crippen LogP contribution is 2.26.